The minimum Gasteiger partial charge on any atom is -0.307 e. The standard InChI is InChI=1S/C13H17F4N5.ClH/c1-4-22-12(14)10(8(2)19-22)7-18-6-9-5-11(13(15,16)17)20-21(9)3;/h5,18H,4,6-7H2,1-3H3;1H. The zero-order valence-corrected chi connectivity index (χ0v) is 13.7. The zero-order chi connectivity index (χ0) is 16.5. The first kappa shape index (κ1) is 19.4. The fourth-order valence-corrected chi connectivity index (χ4v) is 2.13. The van der Waals surface area contributed by atoms with Gasteiger partial charge in [0.1, 0.15) is 0 Å². The Morgan fingerprint density at radius 2 is 1.87 bits per heavy atom. The van der Waals surface area contributed by atoms with Gasteiger partial charge in [0, 0.05) is 32.2 Å². The molecular weight excluding hydrogens is 338 g/mol. The van der Waals surface area contributed by atoms with Gasteiger partial charge in [-0.3, -0.25) is 4.68 Å². The maximum absolute atomic E-state index is 14.0. The molecule has 130 valence electrons. The lowest BCUT2D eigenvalue weighted by Crippen LogP contribution is -2.16. The van der Waals surface area contributed by atoms with Crippen molar-refractivity contribution in [3.8, 4) is 0 Å². The molecule has 0 fully saturated rings. The second kappa shape index (κ2) is 7.31. The van der Waals surface area contributed by atoms with Crippen molar-refractivity contribution < 1.29 is 17.6 Å². The van der Waals surface area contributed by atoms with Gasteiger partial charge in [0.2, 0.25) is 5.95 Å². The summed E-state index contributed by atoms with van der Waals surface area (Å²) in [6.07, 6.45) is -4.47. The Kier molecular flexibility index (Phi) is 6.18. The molecule has 0 spiro atoms. The van der Waals surface area contributed by atoms with Gasteiger partial charge in [0.05, 0.1) is 11.4 Å². The van der Waals surface area contributed by atoms with E-state index in [1.54, 1.807) is 13.8 Å². The first-order valence-electron chi connectivity index (χ1n) is 6.76. The lowest BCUT2D eigenvalue weighted by molar-refractivity contribution is -0.141. The lowest BCUT2D eigenvalue weighted by atomic mass is 10.2. The summed E-state index contributed by atoms with van der Waals surface area (Å²) in [6, 6.07) is 0.978. The molecule has 2 aromatic heterocycles. The van der Waals surface area contributed by atoms with Gasteiger partial charge in [-0.2, -0.15) is 27.8 Å². The van der Waals surface area contributed by atoms with E-state index in [-0.39, 0.29) is 25.5 Å². The molecule has 0 aliphatic heterocycles. The Bertz CT molecular complexity index is 662. The molecule has 0 aliphatic carbocycles. The predicted molar refractivity (Wildman–Crippen MR) is 78.6 cm³/mol. The summed E-state index contributed by atoms with van der Waals surface area (Å²) in [6.45, 7) is 4.22. The fraction of sp³-hybridized carbons (Fsp3) is 0.538. The molecule has 10 heteroatoms. The van der Waals surface area contributed by atoms with E-state index in [9.17, 15) is 17.6 Å². The molecule has 0 saturated carbocycles. The first-order valence-corrected chi connectivity index (χ1v) is 6.76. The normalized spacial score (nSPS) is 11.6. The average molecular weight is 356 g/mol. The topological polar surface area (TPSA) is 47.7 Å². The number of rotatable bonds is 5. The molecular formula is C13H18ClF4N5. The van der Waals surface area contributed by atoms with Crippen LogP contribution in [0.1, 0.15) is 29.6 Å². The molecule has 0 aromatic carbocycles. The van der Waals surface area contributed by atoms with Crippen molar-refractivity contribution in [1.29, 1.82) is 0 Å². The predicted octanol–water partition coefficient (Wildman–Crippen LogP) is 2.81. The molecule has 0 bridgehead atoms. The number of aromatic nitrogens is 4. The number of hydrogen-bond acceptors (Lipinski definition) is 3. The zero-order valence-electron chi connectivity index (χ0n) is 12.9. The number of hydrogen-bond donors (Lipinski definition) is 1. The van der Waals surface area contributed by atoms with Crippen LogP contribution >= 0.6 is 12.4 Å². The molecule has 1 N–H and O–H groups in total. The van der Waals surface area contributed by atoms with Gasteiger partial charge in [-0.25, -0.2) is 4.68 Å². The first-order chi connectivity index (χ1) is 10.2. The van der Waals surface area contributed by atoms with Crippen molar-refractivity contribution in [1.82, 2.24) is 24.9 Å². The van der Waals surface area contributed by atoms with E-state index < -0.39 is 17.8 Å². The number of aryl methyl sites for hydroxylation is 3. The van der Waals surface area contributed by atoms with Crippen LogP contribution in [0.25, 0.3) is 0 Å². The van der Waals surface area contributed by atoms with Crippen LogP contribution in [0.3, 0.4) is 0 Å². The van der Waals surface area contributed by atoms with Gasteiger partial charge in [-0.05, 0) is 19.9 Å². The molecule has 0 amide bonds. The van der Waals surface area contributed by atoms with Crippen LogP contribution in [-0.4, -0.2) is 19.6 Å². The third-order valence-corrected chi connectivity index (χ3v) is 3.36. The van der Waals surface area contributed by atoms with Crippen molar-refractivity contribution in [3.63, 3.8) is 0 Å². The summed E-state index contributed by atoms with van der Waals surface area (Å²) in [4.78, 5) is 0. The summed E-state index contributed by atoms with van der Waals surface area (Å²) in [5, 5.41) is 10.4. The Morgan fingerprint density at radius 1 is 1.22 bits per heavy atom. The third-order valence-electron chi connectivity index (χ3n) is 3.36. The van der Waals surface area contributed by atoms with E-state index in [1.165, 1.54) is 11.7 Å². The maximum atomic E-state index is 14.0. The minimum atomic E-state index is -4.47. The Labute approximate surface area is 137 Å². The molecule has 0 atom stereocenters. The Hall–Kier alpha value is -1.61. The second-order valence-corrected chi connectivity index (χ2v) is 4.92. The minimum absolute atomic E-state index is 0. The maximum Gasteiger partial charge on any atom is 0.435 e. The summed E-state index contributed by atoms with van der Waals surface area (Å²) in [5.74, 6) is -0.423. The number of nitrogens with one attached hydrogen (secondary N) is 1. The van der Waals surface area contributed by atoms with Crippen molar-refractivity contribution in [3.05, 3.63) is 34.7 Å². The highest BCUT2D eigenvalue weighted by Crippen LogP contribution is 2.28. The highest BCUT2D eigenvalue weighted by atomic mass is 35.5. The van der Waals surface area contributed by atoms with Gasteiger partial charge in [-0.15, -0.1) is 12.4 Å². The van der Waals surface area contributed by atoms with Gasteiger partial charge in [0.15, 0.2) is 5.69 Å². The van der Waals surface area contributed by atoms with Crippen LogP contribution in [0, 0.1) is 12.9 Å². The quantitative estimate of drug-likeness (QED) is 0.839. The number of alkyl halides is 3. The molecule has 0 radical (unpaired) electrons. The van der Waals surface area contributed by atoms with Crippen molar-refractivity contribution >= 4 is 12.4 Å². The van der Waals surface area contributed by atoms with Gasteiger partial charge < -0.3 is 5.32 Å². The van der Waals surface area contributed by atoms with Crippen molar-refractivity contribution in [2.24, 2.45) is 7.05 Å². The SMILES string of the molecule is CCn1nc(C)c(CNCc2cc(C(F)(F)F)nn2C)c1F.Cl. The smallest absolute Gasteiger partial charge is 0.307 e. The summed E-state index contributed by atoms with van der Waals surface area (Å²) >= 11 is 0. The van der Waals surface area contributed by atoms with Gasteiger partial charge in [0.25, 0.3) is 0 Å². The molecule has 2 aromatic rings. The molecule has 0 aliphatic rings. The third kappa shape index (κ3) is 4.23. The van der Waals surface area contributed by atoms with Crippen LogP contribution in [0.15, 0.2) is 6.07 Å². The molecule has 0 saturated heterocycles. The molecule has 0 unspecified atom stereocenters. The molecule has 5 nitrogen and oxygen atoms in total. The summed E-state index contributed by atoms with van der Waals surface area (Å²) < 4.78 is 54.0. The van der Waals surface area contributed by atoms with Gasteiger partial charge in [-0.1, -0.05) is 0 Å². The van der Waals surface area contributed by atoms with Crippen LogP contribution in [0.2, 0.25) is 0 Å². The van der Waals surface area contributed by atoms with Crippen LogP contribution in [-0.2, 0) is 32.9 Å². The highest BCUT2D eigenvalue weighted by molar-refractivity contribution is 5.85. The summed E-state index contributed by atoms with van der Waals surface area (Å²) in [5.41, 5.74) is 0.411. The van der Waals surface area contributed by atoms with Crippen molar-refractivity contribution in [2.75, 3.05) is 0 Å². The average Bonchev–Trinajstić information content (AvgIpc) is 2.93. The molecule has 23 heavy (non-hydrogen) atoms. The highest BCUT2D eigenvalue weighted by Gasteiger charge is 2.34. The van der Waals surface area contributed by atoms with E-state index in [0.717, 1.165) is 10.7 Å². The van der Waals surface area contributed by atoms with Gasteiger partial charge >= 0.3 is 6.18 Å². The monoisotopic (exact) mass is 355 g/mol. The Morgan fingerprint density at radius 3 is 2.35 bits per heavy atom. The van der Waals surface area contributed by atoms with E-state index >= 15 is 0 Å². The summed E-state index contributed by atoms with van der Waals surface area (Å²) in [7, 11) is 1.44. The second-order valence-electron chi connectivity index (χ2n) is 4.92. The van der Waals surface area contributed by atoms with E-state index in [4.69, 9.17) is 0 Å². The van der Waals surface area contributed by atoms with Crippen LogP contribution in [0.4, 0.5) is 17.6 Å². The van der Waals surface area contributed by atoms with Crippen LogP contribution in [0.5, 0.6) is 0 Å². The molecule has 2 heterocycles. The van der Waals surface area contributed by atoms with E-state index in [0.29, 0.717) is 23.5 Å². The number of nitrogens with zero attached hydrogens (tertiary/aromatic N) is 4. The lowest BCUT2D eigenvalue weighted by Gasteiger charge is -2.04. The fourth-order valence-electron chi connectivity index (χ4n) is 2.13. The Balaban J connectivity index is 0.00000264. The molecule has 2 rings (SSSR count). The van der Waals surface area contributed by atoms with Crippen LogP contribution < -0.4 is 5.32 Å². The van der Waals surface area contributed by atoms with E-state index in [2.05, 4.69) is 15.5 Å². The number of halogens is 5. The van der Waals surface area contributed by atoms with E-state index in [1.807, 2.05) is 0 Å². The largest absolute Gasteiger partial charge is 0.435 e. The van der Waals surface area contributed by atoms with Crippen molar-refractivity contribution in [2.45, 2.75) is 39.7 Å².